The Labute approximate surface area is 120 Å². The van der Waals surface area contributed by atoms with Gasteiger partial charge in [-0.05, 0) is 12.1 Å². The van der Waals surface area contributed by atoms with Crippen LogP contribution in [0.3, 0.4) is 0 Å². The quantitative estimate of drug-likeness (QED) is 0.766. The lowest BCUT2D eigenvalue weighted by molar-refractivity contribution is 0.245. The Hall–Kier alpha value is -1.15. The van der Waals surface area contributed by atoms with Crippen molar-refractivity contribution >= 4 is 10.0 Å². The third kappa shape index (κ3) is 4.17. The van der Waals surface area contributed by atoms with Crippen molar-refractivity contribution in [1.29, 1.82) is 0 Å². The smallest absolute Gasteiger partial charge is 0.240 e. The van der Waals surface area contributed by atoms with E-state index in [0.717, 1.165) is 32.7 Å². The summed E-state index contributed by atoms with van der Waals surface area (Å²) in [6.45, 7) is 4.98. The van der Waals surface area contributed by atoms with E-state index >= 15 is 0 Å². The molecular formula is C13H21N3O3S. The molecule has 1 aromatic carbocycles. The van der Waals surface area contributed by atoms with E-state index in [9.17, 15) is 8.42 Å². The number of nitrogens with one attached hydrogen (secondary N) is 2. The van der Waals surface area contributed by atoms with Gasteiger partial charge in [-0.3, -0.25) is 4.90 Å². The van der Waals surface area contributed by atoms with Gasteiger partial charge in [0.25, 0.3) is 0 Å². The molecule has 1 aliphatic heterocycles. The van der Waals surface area contributed by atoms with Crippen molar-refractivity contribution in [2.75, 3.05) is 46.4 Å². The first kappa shape index (κ1) is 15.2. The van der Waals surface area contributed by atoms with Crippen molar-refractivity contribution in [3.8, 4) is 5.75 Å². The first-order valence-corrected chi connectivity index (χ1v) is 8.17. The van der Waals surface area contributed by atoms with Crippen molar-refractivity contribution in [2.24, 2.45) is 0 Å². The van der Waals surface area contributed by atoms with E-state index in [2.05, 4.69) is 14.9 Å². The zero-order valence-electron chi connectivity index (χ0n) is 11.6. The monoisotopic (exact) mass is 299 g/mol. The predicted octanol–water partition coefficient (Wildman–Crippen LogP) is -0.121. The maximum Gasteiger partial charge on any atom is 0.240 e. The Morgan fingerprint density at radius 1 is 1.35 bits per heavy atom. The van der Waals surface area contributed by atoms with Crippen LogP contribution >= 0.6 is 0 Å². The number of piperazine rings is 1. The van der Waals surface area contributed by atoms with Crippen LogP contribution in [0.5, 0.6) is 5.75 Å². The van der Waals surface area contributed by atoms with Gasteiger partial charge in [-0.1, -0.05) is 6.07 Å². The van der Waals surface area contributed by atoms with E-state index in [1.165, 1.54) is 13.2 Å². The first-order valence-electron chi connectivity index (χ1n) is 6.68. The zero-order valence-corrected chi connectivity index (χ0v) is 12.4. The van der Waals surface area contributed by atoms with Gasteiger partial charge in [-0.25, -0.2) is 13.1 Å². The van der Waals surface area contributed by atoms with Crippen molar-refractivity contribution in [3.05, 3.63) is 24.3 Å². The van der Waals surface area contributed by atoms with E-state index in [4.69, 9.17) is 4.74 Å². The van der Waals surface area contributed by atoms with Crippen molar-refractivity contribution < 1.29 is 13.2 Å². The molecule has 0 aromatic heterocycles. The van der Waals surface area contributed by atoms with Crippen LogP contribution in [-0.4, -0.2) is 59.7 Å². The van der Waals surface area contributed by atoms with Gasteiger partial charge in [0.2, 0.25) is 10.0 Å². The van der Waals surface area contributed by atoms with Gasteiger partial charge < -0.3 is 10.1 Å². The molecule has 0 atom stereocenters. The molecular weight excluding hydrogens is 278 g/mol. The molecule has 6 nitrogen and oxygen atoms in total. The Morgan fingerprint density at radius 2 is 2.10 bits per heavy atom. The lowest BCUT2D eigenvalue weighted by Gasteiger charge is -2.27. The second-order valence-electron chi connectivity index (χ2n) is 4.67. The highest BCUT2D eigenvalue weighted by atomic mass is 32.2. The average molecular weight is 299 g/mol. The third-order valence-corrected chi connectivity index (χ3v) is 4.74. The predicted molar refractivity (Wildman–Crippen MR) is 77.5 cm³/mol. The molecule has 2 N–H and O–H groups in total. The average Bonchev–Trinajstić information content (AvgIpc) is 2.48. The minimum atomic E-state index is -3.47. The van der Waals surface area contributed by atoms with Crippen molar-refractivity contribution in [2.45, 2.75) is 4.90 Å². The van der Waals surface area contributed by atoms with Crippen LogP contribution in [0.15, 0.2) is 29.2 Å². The first-order chi connectivity index (χ1) is 9.62. The summed E-state index contributed by atoms with van der Waals surface area (Å²) in [6, 6.07) is 6.48. The Morgan fingerprint density at radius 3 is 2.80 bits per heavy atom. The van der Waals surface area contributed by atoms with Crippen LogP contribution < -0.4 is 14.8 Å². The summed E-state index contributed by atoms with van der Waals surface area (Å²) in [5, 5.41) is 3.27. The normalized spacial score (nSPS) is 17.1. The molecule has 2 rings (SSSR count). The van der Waals surface area contributed by atoms with E-state index in [0.29, 0.717) is 12.3 Å². The molecule has 0 saturated carbocycles. The van der Waals surface area contributed by atoms with Crippen LogP contribution in [0.4, 0.5) is 0 Å². The Balaban J connectivity index is 1.89. The molecule has 0 spiro atoms. The van der Waals surface area contributed by atoms with Crippen LogP contribution in [0, 0.1) is 0 Å². The number of rotatable bonds is 6. The number of benzene rings is 1. The molecule has 0 aliphatic carbocycles. The van der Waals surface area contributed by atoms with Crippen LogP contribution in [0.2, 0.25) is 0 Å². The maximum atomic E-state index is 12.1. The SMILES string of the molecule is COc1cccc(S(=O)(=O)NCCN2CCNCC2)c1. The minimum absolute atomic E-state index is 0.233. The highest BCUT2D eigenvalue weighted by molar-refractivity contribution is 7.89. The molecule has 0 bridgehead atoms. The molecule has 20 heavy (non-hydrogen) atoms. The van der Waals surface area contributed by atoms with Crippen LogP contribution in [-0.2, 0) is 10.0 Å². The fraction of sp³-hybridized carbons (Fsp3) is 0.538. The molecule has 1 saturated heterocycles. The molecule has 1 aliphatic rings. The second kappa shape index (κ2) is 7.03. The summed E-state index contributed by atoms with van der Waals surface area (Å²) in [5.41, 5.74) is 0. The standard InChI is InChI=1S/C13H21N3O3S/c1-19-12-3-2-4-13(11-12)20(17,18)15-7-10-16-8-5-14-6-9-16/h2-4,11,14-15H,5-10H2,1H3. The lowest BCUT2D eigenvalue weighted by Crippen LogP contribution is -2.46. The molecule has 7 heteroatoms. The molecule has 1 fully saturated rings. The van der Waals surface area contributed by atoms with E-state index in [-0.39, 0.29) is 4.90 Å². The van der Waals surface area contributed by atoms with Gasteiger partial charge in [0.15, 0.2) is 0 Å². The summed E-state index contributed by atoms with van der Waals surface area (Å²) in [4.78, 5) is 2.47. The second-order valence-corrected chi connectivity index (χ2v) is 6.44. The third-order valence-electron chi connectivity index (χ3n) is 3.28. The molecule has 0 amide bonds. The van der Waals surface area contributed by atoms with Crippen molar-refractivity contribution in [1.82, 2.24) is 14.9 Å². The summed E-state index contributed by atoms with van der Waals surface area (Å²) >= 11 is 0. The Bertz CT molecular complexity index is 527. The number of nitrogens with zero attached hydrogens (tertiary/aromatic N) is 1. The van der Waals surface area contributed by atoms with Gasteiger partial charge in [-0.2, -0.15) is 0 Å². The highest BCUT2D eigenvalue weighted by Crippen LogP contribution is 2.16. The van der Waals surface area contributed by atoms with Crippen molar-refractivity contribution in [3.63, 3.8) is 0 Å². The minimum Gasteiger partial charge on any atom is -0.497 e. The van der Waals surface area contributed by atoms with Gasteiger partial charge in [0.05, 0.1) is 12.0 Å². The van der Waals surface area contributed by atoms with E-state index in [1.807, 2.05) is 0 Å². The molecule has 0 radical (unpaired) electrons. The lowest BCUT2D eigenvalue weighted by atomic mass is 10.3. The van der Waals surface area contributed by atoms with Gasteiger partial charge >= 0.3 is 0 Å². The summed E-state index contributed by atoms with van der Waals surface area (Å²) in [5.74, 6) is 0.537. The van der Waals surface area contributed by atoms with Crippen LogP contribution in [0.25, 0.3) is 0 Å². The fourth-order valence-corrected chi connectivity index (χ4v) is 3.18. The summed E-state index contributed by atoms with van der Waals surface area (Å²) in [7, 11) is -1.95. The topological polar surface area (TPSA) is 70.7 Å². The Kier molecular flexibility index (Phi) is 5.36. The molecule has 0 unspecified atom stereocenters. The fourth-order valence-electron chi connectivity index (χ4n) is 2.12. The summed E-state index contributed by atoms with van der Waals surface area (Å²) in [6.07, 6.45) is 0. The van der Waals surface area contributed by atoms with E-state index in [1.54, 1.807) is 18.2 Å². The number of hydrogen-bond donors (Lipinski definition) is 2. The van der Waals surface area contributed by atoms with Gasteiger partial charge in [0.1, 0.15) is 5.75 Å². The van der Waals surface area contributed by atoms with Crippen LogP contribution in [0.1, 0.15) is 0 Å². The van der Waals surface area contributed by atoms with E-state index < -0.39 is 10.0 Å². The zero-order chi connectivity index (χ0) is 14.4. The maximum absolute atomic E-state index is 12.1. The van der Waals surface area contributed by atoms with Gasteiger partial charge in [-0.15, -0.1) is 0 Å². The summed E-state index contributed by atoms with van der Waals surface area (Å²) < 4.78 is 32.0. The highest BCUT2D eigenvalue weighted by Gasteiger charge is 2.15. The number of sulfonamides is 1. The number of ether oxygens (including phenoxy) is 1. The van der Waals surface area contributed by atoms with Gasteiger partial charge in [0, 0.05) is 45.3 Å². The molecule has 1 heterocycles. The largest absolute Gasteiger partial charge is 0.497 e. The number of methoxy groups -OCH3 is 1. The molecule has 112 valence electrons. The number of hydrogen-bond acceptors (Lipinski definition) is 5. The molecule has 1 aromatic rings.